The summed E-state index contributed by atoms with van der Waals surface area (Å²) in [4.78, 5) is 20.7. The van der Waals surface area contributed by atoms with Gasteiger partial charge in [0.05, 0.1) is 18.0 Å². The van der Waals surface area contributed by atoms with Crippen LogP contribution in [0.2, 0.25) is 0 Å². The highest BCUT2D eigenvalue weighted by atomic mass is 16.6. The summed E-state index contributed by atoms with van der Waals surface area (Å²) >= 11 is 0. The van der Waals surface area contributed by atoms with Crippen molar-refractivity contribution in [2.75, 3.05) is 57.3 Å². The van der Waals surface area contributed by atoms with Crippen molar-refractivity contribution in [2.45, 2.75) is 38.1 Å². The molecule has 0 aliphatic carbocycles. The molecular formula is C26H36N4O4. The highest BCUT2D eigenvalue weighted by molar-refractivity contribution is 5.76. The van der Waals surface area contributed by atoms with Gasteiger partial charge in [0.15, 0.2) is 11.5 Å². The van der Waals surface area contributed by atoms with E-state index in [0.29, 0.717) is 32.7 Å². The molecule has 2 aliphatic heterocycles. The van der Waals surface area contributed by atoms with Crippen molar-refractivity contribution in [1.82, 2.24) is 10.2 Å². The number of carbonyl (C=O) groups excluding carboxylic acids is 1. The van der Waals surface area contributed by atoms with Crippen LogP contribution in [-0.2, 0) is 16.1 Å². The summed E-state index contributed by atoms with van der Waals surface area (Å²) in [5, 5.41) is 6.38. The van der Waals surface area contributed by atoms with E-state index in [1.807, 2.05) is 43.4 Å². The van der Waals surface area contributed by atoms with Crippen molar-refractivity contribution in [3.63, 3.8) is 0 Å². The number of fused-ring (bicyclic) bond motifs is 1. The number of hydrogen-bond acceptors (Lipinski definition) is 7. The van der Waals surface area contributed by atoms with Crippen LogP contribution in [0, 0.1) is 0 Å². The first-order valence-electron chi connectivity index (χ1n) is 12.3. The van der Waals surface area contributed by atoms with Crippen LogP contribution >= 0.6 is 0 Å². The molecule has 8 nitrogen and oxygen atoms in total. The minimum Gasteiger partial charge on any atom is -0.486 e. The number of amides is 1. The molecule has 0 aromatic heterocycles. The van der Waals surface area contributed by atoms with E-state index in [1.165, 1.54) is 12.8 Å². The molecule has 34 heavy (non-hydrogen) atoms. The number of nitrogens with zero attached hydrogens (tertiary/aromatic N) is 1. The fourth-order valence-electron chi connectivity index (χ4n) is 4.46. The largest absolute Gasteiger partial charge is 0.486 e. The second kappa shape index (κ2) is 12.5. The molecule has 184 valence electrons. The van der Waals surface area contributed by atoms with E-state index in [2.05, 4.69) is 27.1 Å². The number of anilines is 2. The Labute approximate surface area is 201 Å². The Kier molecular flexibility index (Phi) is 8.87. The van der Waals surface area contributed by atoms with Gasteiger partial charge in [-0.15, -0.1) is 0 Å². The molecule has 0 saturated carbocycles. The van der Waals surface area contributed by atoms with Gasteiger partial charge in [0.1, 0.15) is 13.2 Å². The van der Waals surface area contributed by atoms with Crippen LogP contribution < -0.4 is 25.6 Å². The molecule has 2 aliphatic rings. The normalized spacial score (nSPS) is 16.1. The quantitative estimate of drug-likeness (QED) is 0.325. The van der Waals surface area contributed by atoms with E-state index in [4.69, 9.17) is 14.3 Å². The third-order valence-electron chi connectivity index (χ3n) is 6.16. The maximum absolute atomic E-state index is 12.7. The molecule has 2 aromatic carbocycles. The molecule has 8 heteroatoms. The van der Waals surface area contributed by atoms with Gasteiger partial charge in [0, 0.05) is 26.1 Å². The van der Waals surface area contributed by atoms with Gasteiger partial charge in [-0.25, -0.2) is 0 Å². The van der Waals surface area contributed by atoms with Gasteiger partial charge in [-0.3, -0.25) is 15.1 Å². The highest BCUT2D eigenvalue weighted by Gasteiger charge is 2.21. The van der Waals surface area contributed by atoms with Gasteiger partial charge in [0.2, 0.25) is 5.91 Å². The third-order valence-corrected chi connectivity index (χ3v) is 6.16. The van der Waals surface area contributed by atoms with Crippen molar-refractivity contribution in [3.8, 4) is 11.5 Å². The summed E-state index contributed by atoms with van der Waals surface area (Å²) in [6.07, 6.45) is 4.28. The summed E-state index contributed by atoms with van der Waals surface area (Å²) < 4.78 is 11.4. The van der Waals surface area contributed by atoms with Gasteiger partial charge >= 0.3 is 0 Å². The second-order valence-corrected chi connectivity index (χ2v) is 8.80. The van der Waals surface area contributed by atoms with Crippen LogP contribution in [0.3, 0.4) is 0 Å². The number of hydrogen-bond donors (Lipinski definition) is 3. The molecule has 1 saturated heterocycles. The molecule has 0 bridgehead atoms. The summed E-state index contributed by atoms with van der Waals surface area (Å²) in [6, 6.07) is 14.0. The number of benzene rings is 2. The Morgan fingerprint density at radius 2 is 1.82 bits per heavy atom. The monoisotopic (exact) mass is 468 g/mol. The maximum atomic E-state index is 12.7. The fraction of sp³-hybridized carbons (Fsp3) is 0.500. The number of likely N-dealkylation sites (tertiary alicyclic amines) is 1. The molecule has 1 unspecified atom stereocenters. The van der Waals surface area contributed by atoms with Gasteiger partial charge in [0.25, 0.3) is 0 Å². The Balaban J connectivity index is 1.25. The van der Waals surface area contributed by atoms with E-state index >= 15 is 0 Å². The predicted octanol–water partition coefficient (Wildman–Crippen LogP) is 3.45. The first-order chi connectivity index (χ1) is 16.7. The van der Waals surface area contributed by atoms with Crippen molar-refractivity contribution in [2.24, 2.45) is 0 Å². The molecule has 3 N–H and O–H groups in total. The Hall–Kier alpha value is -2.97. The lowest BCUT2D eigenvalue weighted by molar-refractivity contribution is -0.122. The SMILES string of the molecule is CNc1ccccc1NOCCCC(=O)NC(Cc1ccc2c(c1)OCCO2)CN1CCCC1. The number of carbonyl (C=O) groups is 1. The zero-order chi connectivity index (χ0) is 23.6. The van der Waals surface area contributed by atoms with E-state index in [9.17, 15) is 4.79 Å². The smallest absolute Gasteiger partial charge is 0.220 e. The summed E-state index contributed by atoms with van der Waals surface area (Å²) in [7, 11) is 1.87. The Bertz CT molecular complexity index is 933. The topological polar surface area (TPSA) is 84.1 Å². The lowest BCUT2D eigenvalue weighted by Crippen LogP contribution is -2.44. The minimum absolute atomic E-state index is 0.0507. The molecule has 2 heterocycles. The maximum Gasteiger partial charge on any atom is 0.220 e. The molecule has 4 rings (SSSR count). The molecule has 2 aromatic rings. The van der Waals surface area contributed by atoms with E-state index in [-0.39, 0.29) is 11.9 Å². The molecule has 0 spiro atoms. The lowest BCUT2D eigenvalue weighted by Gasteiger charge is -2.25. The van der Waals surface area contributed by atoms with Crippen molar-refractivity contribution in [1.29, 1.82) is 0 Å². The van der Waals surface area contributed by atoms with E-state index in [0.717, 1.165) is 54.5 Å². The third kappa shape index (κ3) is 7.01. The van der Waals surface area contributed by atoms with Gasteiger partial charge in [-0.1, -0.05) is 18.2 Å². The number of nitrogens with one attached hydrogen (secondary N) is 3. The van der Waals surface area contributed by atoms with Gasteiger partial charge < -0.3 is 25.0 Å². The average molecular weight is 469 g/mol. The van der Waals surface area contributed by atoms with Crippen molar-refractivity contribution >= 4 is 17.3 Å². The predicted molar refractivity (Wildman–Crippen MR) is 134 cm³/mol. The van der Waals surface area contributed by atoms with Crippen LogP contribution in [0.15, 0.2) is 42.5 Å². The van der Waals surface area contributed by atoms with Crippen LogP contribution in [0.25, 0.3) is 0 Å². The molecule has 0 radical (unpaired) electrons. The molecular weight excluding hydrogens is 432 g/mol. The first kappa shape index (κ1) is 24.2. The van der Waals surface area contributed by atoms with Crippen LogP contribution in [-0.4, -0.2) is 63.4 Å². The zero-order valence-corrected chi connectivity index (χ0v) is 20.0. The average Bonchev–Trinajstić information content (AvgIpc) is 3.37. The zero-order valence-electron chi connectivity index (χ0n) is 20.0. The Morgan fingerprint density at radius 3 is 2.62 bits per heavy atom. The van der Waals surface area contributed by atoms with E-state index in [1.54, 1.807) is 0 Å². The summed E-state index contributed by atoms with van der Waals surface area (Å²) in [5.74, 6) is 1.64. The first-order valence-corrected chi connectivity index (χ1v) is 12.3. The van der Waals surface area contributed by atoms with Crippen molar-refractivity contribution < 1.29 is 19.1 Å². The fourth-order valence-corrected chi connectivity index (χ4v) is 4.46. The number of ether oxygens (including phenoxy) is 2. The standard InChI is InChI=1S/C26H36N4O4/c1-27-22-7-2-3-8-23(22)29-34-14-6-9-26(31)28-21(19-30-12-4-5-13-30)17-20-10-11-24-25(18-20)33-16-15-32-24/h2-3,7-8,10-11,18,21,27,29H,4-6,9,12-17,19H2,1H3,(H,28,31). The number of rotatable bonds is 12. The molecule has 1 fully saturated rings. The second-order valence-electron chi connectivity index (χ2n) is 8.80. The minimum atomic E-state index is 0.0507. The Morgan fingerprint density at radius 1 is 1.06 bits per heavy atom. The van der Waals surface area contributed by atoms with Crippen LogP contribution in [0.5, 0.6) is 11.5 Å². The van der Waals surface area contributed by atoms with Crippen LogP contribution in [0.4, 0.5) is 11.4 Å². The van der Waals surface area contributed by atoms with Gasteiger partial charge in [-0.2, -0.15) is 0 Å². The summed E-state index contributed by atoms with van der Waals surface area (Å²) in [6.45, 7) is 4.66. The molecule has 1 amide bonds. The van der Waals surface area contributed by atoms with Crippen LogP contribution in [0.1, 0.15) is 31.2 Å². The summed E-state index contributed by atoms with van der Waals surface area (Å²) in [5.41, 5.74) is 5.94. The van der Waals surface area contributed by atoms with Gasteiger partial charge in [-0.05, 0) is 68.6 Å². The highest BCUT2D eigenvalue weighted by Crippen LogP contribution is 2.31. The lowest BCUT2D eigenvalue weighted by atomic mass is 10.0. The molecule has 1 atom stereocenters. The van der Waals surface area contributed by atoms with Crippen molar-refractivity contribution in [3.05, 3.63) is 48.0 Å². The number of para-hydroxylation sites is 2. The van der Waals surface area contributed by atoms with E-state index < -0.39 is 0 Å².